The molecule has 1 aliphatic heterocycles. The van der Waals surface area contributed by atoms with E-state index in [9.17, 15) is 5.11 Å². The van der Waals surface area contributed by atoms with Crippen molar-refractivity contribution in [1.82, 2.24) is 9.97 Å². The van der Waals surface area contributed by atoms with Crippen molar-refractivity contribution in [2.24, 2.45) is 0 Å². The second-order valence-electron chi connectivity index (χ2n) is 7.74. The maximum atomic E-state index is 10.7. The molecule has 0 fully saturated rings. The van der Waals surface area contributed by atoms with E-state index < -0.39 is 5.41 Å². The monoisotopic (exact) mass is 412 g/mol. The van der Waals surface area contributed by atoms with Crippen LogP contribution in [0.25, 0.3) is 0 Å². The highest BCUT2D eigenvalue weighted by molar-refractivity contribution is 5.53. The standard InChI is InChI=1S/C25H20N2O4/c1-25(2)16-7-3-8-17(15-16)29-18-9-4-10-19(24(18)28)30-22-13-6-14-23(27-22)31-21-12-5-11-20(25)26-21/h3-15,28H,1-2H3. The first-order chi connectivity index (χ1) is 15.0. The van der Waals surface area contributed by atoms with E-state index in [2.05, 4.69) is 18.8 Å². The minimum Gasteiger partial charge on any atom is -0.502 e. The largest absolute Gasteiger partial charge is 0.502 e. The Morgan fingerprint density at radius 3 is 2.10 bits per heavy atom. The lowest BCUT2D eigenvalue weighted by molar-refractivity contribution is 0.367. The van der Waals surface area contributed by atoms with Crippen molar-refractivity contribution in [2.75, 3.05) is 0 Å². The Labute approximate surface area is 179 Å². The minimum atomic E-state index is -0.419. The van der Waals surface area contributed by atoms with E-state index in [0.29, 0.717) is 17.5 Å². The molecule has 5 rings (SSSR count). The molecule has 1 N–H and O–H groups in total. The zero-order chi connectivity index (χ0) is 21.4. The summed E-state index contributed by atoms with van der Waals surface area (Å²) in [5.41, 5.74) is 1.43. The molecule has 0 saturated heterocycles. The molecule has 31 heavy (non-hydrogen) atoms. The summed E-state index contributed by atoms with van der Waals surface area (Å²) in [6, 6.07) is 23.6. The van der Waals surface area contributed by atoms with Gasteiger partial charge in [-0.05, 0) is 35.9 Å². The summed E-state index contributed by atoms with van der Waals surface area (Å²) in [4.78, 5) is 9.09. The Morgan fingerprint density at radius 1 is 0.677 bits per heavy atom. The normalized spacial score (nSPS) is 14.0. The van der Waals surface area contributed by atoms with Crippen LogP contribution in [0.15, 0.2) is 78.9 Å². The highest BCUT2D eigenvalue weighted by Gasteiger charge is 2.26. The van der Waals surface area contributed by atoms with Gasteiger partial charge in [-0.1, -0.05) is 44.2 Å². The fourth-order valence-electron chi connectivity index (χ4n) is 3.44. The molecule has 4 aromatic rings. The van der Waals surface area contributed by atoms with Gasteiger partial charge < -0.3 is 19.3 Å². The SMILES string of the molecule is CC1(C)c2cccc(c2)Oc2cccc(c2O)Oc2cccc(n2)Oc2cccc1n2. The van der Waals surface area contributed by atoms with Gasteiger partial charge in [0.05, 0.1) is 5.69 Å². The van der Waals surface area contributed by atoms with Gasteiger partial charge in [0.15, 0.2) is 11.5 Å². The summed E-state index contributed by atoms with van der Waals surface area (Å²) < 4.78 is 17.7. The summed E-state index contributed by atoms with van der Waals surface area (Å²) in [6.07, 6.45) is 0. The molecule has 8 bridgehead atoms. The number of hydrogen-bond donors (Lipinski definition) is 1. The zero-order valence-corrected chi connectivity index (χ0v) is 17.1. The van der Waals surface area contributed by atoms with Crippen LogP contribution in [-0.2, 0) is 5.41 Å². The summed E-state index contributed by atoms with van der Waals surface area (Å²) >= 11 is 0. The van der Waals surface area contributed by atoms with Crippen molar-refractivity contribution in [1.29, 1.82) is 0 Å². The average Bonchev–Trinajstić information content (AvgIpc) is 2.77. The number of rotatable bonds is 0. The third-order valence-corrected chi connectivity index (χ3v) is 5.23. The van der Waals surface area contributed by atoms with Crippen molar-refractivity contribution >= 4 is 0 Å². The van der Waals surface area contributed by atoms with Gasteiger partial charge in [0.1, 0.15) is 5.75 Å². The van der Waals surface area contributed by atoms with Gasteiger partial charge in [-0.25, -0.2) is 4.98 Å². The van der Waals surface area contributed by atoms with Crippen molar-refractivity contribution in [2.45, 2.75) is 19.3 Å². The van der Waals surface area contributed by atoms with E-state index in [-0.39, 0.29) is 23.1 Å². The van der Waals surface area contributed by atoms with Crippen LogP contribution in [0.2, 0.25) is 0 Å². The molecule has 2 aromatic heterocycles. The third-order valence-electron chi connectivity index (χ3n) is 5.23. The molecule has 0 aliphatic carbocycles. The van der Waals surface area contributed by atoms with Crippen molar-refractivity contribution in [3.63, 3.8) is 0 Å². The lowest BCUT2D eigenvalue weighted by Crippen LogP contribution is -2.20. The number of hydrogen-bond acceptors (Lipinski definition) is 6. The summed E-state index contributed by atoms with van der Waals surface area (Å²) in [5.74, 6) is 2.03. The number of phenols is 1. The van der Waals surface area contributed by atoms with Gasteiger partial charge in [0.2, 0.25) is 23.4 Å². The molecule has 3 heterocycles. The number of benzene rings is 2. The minimum absolute atomic E-state index is 0.112. The molecule has 0 spiro atoms. The Morgan fingerprint density at radius 2 is 1.29 bits per heavy atom. The van der Waals surface area contributed by atoms with Crippen LogP contribution in [0.3, 0.4) is 0 Å². The van der Waals surface area contributed by atoms with Gasteiger partial charge in [0.25, 0.3) is 0 Å². The second-order valence-corrected chi connectivity index (χ2v) is 7.74. The second kappa shape index (κ2) is 7.32. The molecule has 0 amide bonds. The maximum absolute atomic E-state index is 10.7. The number of fused-ring (bicyclic) bond motifs is 8. The molecule has 1 aliphatic rings. The summed E-state index contributed by atoms with van der Waals surface area (Å²) in [6.45, 7) is 4.18. The molecule has 6 heteroatoms. The van der Waals surface area contributed by atoms with Crippen molar-refractivity contribution < 1.29 is 19.3 Å². The molecule has 0 unspecified atom stereocenters. The third kappa shape index (κ3) is 3.64. The molecule has 0 radical (unpaired) electrons. The fourth-order valence-corrected chi connectivity index (χ4v) is 3.44. The smallest absolute Gasteiger partial charge is 0.224 e. The lowest BCUT2D eigenvalue weighted by atomic mass is 9.81. The molecule has 6 nitrogen and oxygen atoms in total. The predicted molar refractivity (Wildman–Crippen MR) is 115 cm³/mol. The topological polar surface area (TPSA) is 73.7 Å². The molecular formula is C25H20N2O4. The molecule has 154 valence electrons. The van der Waals surface area contributed by atoms with E-state index in [0.717, 1.165) is 11.3 Å². The molecular weight excluding hydrogens is 392 g/mol. The van der Waals surface area contributed by atoms with Gasteiger partial charge in [-0.2, -0.15) is 4.98 Å². The van der Waals surface area contributed by atoms with E-state index in [1.165, 1.54) is 0 Å². The van der Waals surface area contributed by atoms with Crippen LogP contribution in [0.5, 0.6) is 40.6 Å². The van der Waals surface area contributed by atoms with E-state index >= 15 is 0 Å². The fraction of sp³-hybridized carbons (Fsp3) is 0.120. The van der Waals surface area contributed by atoms with Gasteiger partial charge in [-0.3, -0.25) is 0 Å². The Balaban J connectivity index is 1.69. The number of pyridine rings is 2. The number of ether oxygens (including phenoxy) is 3. The number of aromatic hydroxyl groups is 1. The Bertz CT molecular complexity index is 1270. The highest BCUT2D eigenvalue weighted by atomic mass is 16.5. The van der Waals surface area contributed by atoms with Crippen LogP contribution in [-0.4, -0.2) is 15.1 Å². The summed E-state index contributed by atoms with van der Waals surface area (Å²) in [5, 5.41) is 10.7. The van der Waals surface area contributed by atoms with Gasteiger partial charge in [0, 0.05) is 23.6 Å². The van der Waals surface area contributed by atoms with E-state index in [1.807, 2.05) is 36.4 Å². The molecule has 2 aromatic carbocycles. The first-order valence-corrected chi connectivity index (χ1v) is 9.90. The van der Waals surface area contributed by atoms with Crippen LogP contribution >= 0.6 is 0 Å². The highest BCUT2D eigenvalue weighted by Crippen LogP contribution is 2.41. The van der Waals surface area contributed by atoms with Gasteiger partial charge in [-0.15, -0.1) is 0 Å². The molecule has 0 atom stereocenters. The van der Waals surface area contributed by atoms with Crippen LogP contribution in [0, 0.1) is 0 Å². The number of aromatic nitrogens is 2. The number of phenolic OH excluding ortho intramolecular Hbond substituents is 1. The maximum Gasteiger partial charge on any atom is 0.224 e. The first kappa shape index (κ1) is 18.9. The van der Waals surface area contributed by atoms with Crippen molar-refractivity contribution in [3.8, 4) is 40.6 Å². The van der Waals surface area contributed by atoms with Crippen LogP contribution < -0.4 is 14.2 Å². The van der Waals surface area contributed by atoms with E-state index in [1.54, 1.807) is 42.5 Å². The van der Waals surface area contributed by atoms with E-state index in [4.69, 9.17) is 19.2 Å². The first-order valence-electron chi connectivity index (χ1n) is 9.90. The Kier molecular flexibility index (Phi) is 4.47. The zero-order valence-electron chi connectivity index (χ0n) is 17.1. The quantitative estimate of drug-likeness (QED) is 0.371. The van der Waals surface area contributed by atoms with Gasteiger partial charge >= 0.3 is 0 Å². The molecule has 0 saturated carbocycles. The van der Waals surface area contributed by atoms with Crippen molar-refractivity contribution in [3.05, 3.63) is 90.1 Å². The number of nitrogens with zero attached hydrogens (tertiary/aromatic N) is 2. The lowest BCUT2D eigenvalue weighted by Gasteiger charge is -2.26. The van der Waals surface area contributed by atoms with Crippen LogP contribution in [0.1, 0.15) is 25.1 Å². The number of para-hydroxylation sites is 1. The summed E-state index contributed by atoms with van der Waals surface area (Å²) in [7, 11) is 0. The predicted octanol–water partition coefficient (Wildman–Crippen LogP) is 6.20. The van der Waals surface area contributed by atoms with Crippen LogP contribution in [0.4, 0.5) is 0 Å². The Hall–Kier alpha value is -4.06. The average molecular weight is 412 g/mol.